The number of aromatic nitrogens is 3. The van der Waals surface area contributed by atoms with Crippen molar-refractivity contribution in [2.24, 2.45) is 10.7 Å². The van der Waals surface area contributed by atoms with E-state index in [0.29, 0.717) is 22.4 Å². The Balaban J connectivity index is 1.61. The molecule has 0 spiro atoms. The van der Waals surface area contributed by atoms with Gasteiger partial charge in [0.15, 0.2) is 0 Å². The van der Waals surface area contributed by atoms with Crippen molar-refractivity contribution in [3.63, 3.8) is 0 Å². The summed E-state index contributed by atoms with van der Waals surface area (Å²) in [4.78, 5) is 19.9. The first-order valence-electron chi connectivity index (χ1n) is 10.7. The van der Waals surface area contributed by atoms with Crippen LogP contribution in [0.15, 0.2) is 35.5 Å². The Hall–Kier alpha value is -2.45. The minimum absolute atomic E-state index is 0.330. The van der Waals surface area contributed by atoms with Gasteiger partial charge in [0.1, 0.15) is 23.9 Å². The van der Waals surface area contributed by atoms with E-state index in [1.54, 1.807) is 6.33 Å². The highest BCUT2D eigenvalue weighted by Crippen LogP contribution is 2.38. The van der Waals surface area contributed by atoms with Crippen molar-refractivity contribution in [2.75, 3.05) is 26.7 Å². The van der Waals surface area contributed by atoms with Gasteiger partial charge in [-0.3, -0.25) is 0 Å². The number of pyridine rings is 1. The lowest BCUT2D eigenvalue weighted by molar-refractivity contribution is 0.0542. The Bertz CT molecular complexity index is 937. The molecule has 154 valence electrons. The predicted molar refractivity (Wildman–Crippen MR) is 114 cm³/mol. The molecule has 8 heteroatoms. The van der Waals surface area contributed by atoms with Crippen molar-refractivity contribution < 1.29 is 4.74 Å². The number of guanidine groups is 1. The number of ether oxygens (including phenoxy) is 1. The van der Waals surface area contributed by atoms with Crippen LogP contribution in [0.25, 0.3) is 11.0 Å². The van der Waals surface area contributed by atoms with E-state index < -0.39 is 0 Å². The SMILES string of the molecule is COC1CCN(C2=NC(N)=CC[N+]2(c2cc3[nH]cnc3cn2)C2CCCC2)CC1. The van der Waals surface area contributed by atoms with Crippen molar-refractivity contribution in [1.29, 1.82) is 0 Å². The molecule has 1 unspecified atom stereocenters. The molecule has 3 aliphatic rings. The number of hydrogen-bond donors (Lipinski definition) is 2. The monoisotopic (exact) mass is 396 g/mol. The molecule has 3 N–H and O–H groups in total. The summed E-state index contributed by atoms with van der Waals surface area (Å²) < 4.78 is 6.25. The van der Waals surface area contributed by atoms with Gasteiger partial charge in [0.2, 0.25) is 5.82 Å². The van der Waals surface area contributed by atoms with Gasteiger partial charge in [0.25, 0.3) is 0 Å². The number of H-pyrrole nitrogens is 1. The number of likely N-dealkylation sites (tertiary alicyclic amines) is 1. The Morgan fingerprint density at radius 3 is 2.72 bits per heavy atom. The fourth-order valence-electron chi connectivity index (χ4n) is 5.27. The fraction of sp³-hybridized carbons (Fsp3) is 0.571. The highest BCUT2D eigenvalue weighted by atomic mass is 16.5. The summed E-state index contributed by atoms with van der Waals surface area (Å²) in [7, 11) is 1.81. The van der Waals surface area contributed by atoms with Gasteiger partial charge in [-0.1, -0.05) is 0 Å². The molecular formula is C21H30N7O+. The van der Waals surface area contributed by atoms with Gasteiger partial charge >= 0.3 is 5.96 Å². The summed E-state index contributed by atoms with van der Waals surface area (Å²) >= 11 is 0. The molecule has 0 aromatic carbocycles. The zero-order valence-electron chi connectivity index (χ0n) is 17.0. The van der Waals surface area contributed by atoms with E-state index in [1.165, 1.54) is 25.7 Å². The van der Waals surface area contributed by atoms with Crippen LogP contribution in [0.3, 0.4) is 0 Å². The molecule has 2 fully saturated rings. The number of rotatable bonds is 3. The number of aromatic amines is 1. The first kappa shape index (κ1) is 18.6. The minimum Gasteiger partial charge on any atom is -0.384 e. The molecule has 0 radical (unpaired) electrons. The summed E-state index contributed by atoms with van der Waals surface area (Å²) in [5.41, 5.74) is 8.15. The van der Waals surface area contributed by atoms with Crippen molar-refractivity contribution >= 4 is 22.8 Å². The Morgan fingerprint density at radius 2 is 1.97 bits per heavy atom. The van der Waals surface area contributed by atoms with E-state index >= 15 is 0 Å². The van der Waals surface area contributed by atoms with Crippen LogP contribution in [-0.2, 0) is 4.74 Å². The van der Waals surface area contributed by atoms with E-state index in [9.17, 15) is 0 Å². The molecular weight excluding hydrogens is 366 g/mol. The van der Waals surface area contributed by atoms with Crippen LogP contribution in [0, 0.1) is 0 Å². The smallest absolute Gasteiger partial charge is 0.313 e. The van der Waals surface area contributed by atoms with Crippen LogP contribution in [-0.4, -0.2) is 64.7 Å². The molecule has 1 saturated heterocycles. The van der Waals surface area contributed by atoms with Crippen molar-refractivity contribution in [3.8, 4) is 0 Å². The van der Waals surface area contributed by atoms with Gasteiger partial charge in [0, 0.05) is 45.2 Å². The van der Waals surface area contributed by atoms with E-state index in [2.05, 4.69) is 27.0 Å². The predicted octanol–water partition coefficient (Wildman–Crippen LogP) is 2.49. The van der Waals surface area contributed by atoms with Crippen LogP contribution >= 0.6 is 0 Å². The van der Waals surface area contributed by atoms with Gasteiger partial charge in [0.05, 0.1) is 24.1 Å². The molecule has 0 amide bonds. The van der Waals surface area contributed by atoms with Crippen molar-refractivity contribution in [1.82, 2.24) is 24.3 Å². The molecule has 2 aromatic heterocycles. The number of aliphatic imine (C=N–C) groups is 1. The molecule has 2 aromatic rings. The Morgan fingerprint density at radius 1 is 1.17 bits per heavy atom. The van der Waals surface area contributed by atoms with E-state index in [1.807, 2.05) is 13.3 Å². The standard InChI is InChI=1S/C21H30N7O/c1-29-16-6-9-27(10-7-16)21-26-19(22)8-11-28(21,15-4-2-3-5-15)20-12-17-18(13-23-20)25-14-24-17/h8,12-16H,2-7,9-11,22H2,1H3,(H,24,25)/q+1. The van der Waals surface area contributed by atoms with Crippen molar-refractivity contribution in [2.45, 2.75) is 50.7 Å². The number of nitrogens with two attached hydrogens (primary N) is 1. The number of quaternary nitrogens is 1. The third-order valence-electron chi connectivity index (χ3n) is 6.88. The summed E-state index contributed by atoms with van der Waals surface area (Å²) in [6.07, 6.45) is 12.9. The zero-order valence-corrected chi connectivity index (χ0v) is 17.0. The Kier molecular flexibility index (Phi) is 4.75. The number of hydrogen-bond acceptors (Lipinski definition) is 6. The summed E-state index contributed by atoms with van der Waals surface area (Å²) in [6, 6.07) is 2.62. The topological polar surface area (TPSA) is 92.4 Å². The average molecular weight is 397 g/mol. The number of imidazole rings is 1. The first-order chi connectivity index (χ1) is 14.2. The number of piperidine rings is 1. The maximum Gasteiger partial charge on any atom is 0.313 e. The van der Waals surface area contributed by atoms with E-state index in [4.69, 9.17) is 20.4 Å². The molecule has 1 aliphatic carbocycles. The minimum atomic E-state index is 0.330. The van der Waals surface area contributed by atoms with E-state index in [0.717, 1.165) is 55.3 Å². The van der Waals surface area contributed by atoms with E-state index in [-0.39, 0.29) is 0 Å². The maximum absolute atomic E-state index is 6.23. The van der Waals surface area contributed by atoms with Gasteiger partial charge in [-0.15, -0.1) is 0 Å². The molecule has 1 saturated carbocycles. The van der Waals surface area contributed by atoms with Crippen LogP contribution in [0.5, 0.6) is 0 Å². The normalized spacial score (nSPS) is 26.7. The first-order valence-corrected chi connectivity index (χ1v) is 10.7. The molecule has 2 aliphatic heterocycles. The second-order valence-corrected chi connectivity index (χ2v) is 8.41. The summed E-state index contributed by atoms with van der Waals surface area (Å²) in [5.74, 6) is 2.70. The fourth-order valence-corrected chi connectivity index (χ4v) is 5.27. The van der Waals surface area contributed by atoms with Crippen LogP contribution < -0.4 is 10.2 Å². The molecule has 8 nitrogen and oxygen atoms in total. The van der Waals surface area contributed by atoms with Crippen LogP contribution in [0.2, 0.25) is 0 Å². The number of methoxy groups -OCH3 is 1. The lowest BCUT2D eigenvalue weighted by atomic mass is 10.1. The second kappa shape index (κ2) is 7.42. The van der Waals surface area contributed by atoms with Crippen LogP contribution in [0.4, 0.5) is 5.82 Å². The van der Waals surface area contributed by atoms with Gasteiger partial charge in [-0.25, -0.2) is 14.5 Å². The maximum atomic E-state index is 6.23. The summed E-state index contributed by atoms with van der Waals surface area (Å²) in [5, 5.41) is 0. The zero-order chi connectivity index (χ0) is 19.8. The summed E-state index contributed by atoms with van der Waals surface area (Å²) in [6.45, 7) is 2.67. The lowest BCUT2D eigenvalue weighted by Crippen LogP contribution is -2.67. The second-order valence-electron chi connectivity index (χ2n) is 8.41. The third-order valence-corrected chi connectivity index (χ3v) is 6.88. The Labute approximate surface area is 171 Å². The van der Waals surface area contributed by atoms with Gasteiger partial charge in [-0.05, 0) is 25.7 Å². The number of nitrogens with one attached hydrogen (secondary N) is 1. The lowest BCUT2D eigenvalue weighted by Gasteiger charge is -2.46. The molecule has 29 heavy (non-hydrogen) atoms. The van der Waals surface area contributed by atoms with Crippen molar-refractivity contribution in [3.05, 3.63) is 30.5 Å². The number of fused-ring (bicyclic) bond motifs is 1. The highest BCUT2D eigenvalue weighted by Gasteiger charge is 2.50. The van der Waals surface area contributed by atoms with Gasteiger partial charge < -0.3 is 20.4 Å². The largest absolute Gasteiger partial charge is 0.384 e. The molecule has 4 heterocycles. The van der Waals surface area contributed by atoms with Crippen LogP contribution in [0.1, 0.15) is 38.5 Å². The number of nitrogens with zero attached hydrogens (tertiary/aromatic N) is 5. The highest BCUT2D eigenvalue weighted by molar-refractivity contribution is 5.94. The molecule has 5 rings (SSSR count). The molecule has 0 bridgehead atoms. The average Bonchev–Trinajstić information content (AvgIpc) is 3.46. The quantitative estimate of drug-likeness (QED) is 0.778. The third kappa shape index (κ3) is 3.11. The molecule has 1 atom stereocenters. The van der Waals surface area contributed by atoms with Gasteiger partial charge in [-0.2, -0.15) is 4.99 Å².